The van der Waals surface area contributed by atoms with Gasteiger partial charge in [0.05, 0.1) is 6.42 Å². The minimum Gasteiger partial charge on any atom is -0.486 e. The summed E-state index contributed by atoms with van der Waals surface area (Å²) >= 11 is 3.54. The van der Waals surface area contributed by atoms with Gasteiger partial charge in [0.1, 0.15) is 19.3 Å². The van der Waals surface area contributed by atoms with Gasteiger partial charge in [-0.05, 0) is 49.8 Å². The smallest absolute Gasteiger partial charge is 0.245 e. The van der Waals surface area contributed by atoms with Crippen molar-refractivity contribution in [2.24, 2.45) is 0 Å². The van der Waals surface area contributed by atoms with Gasteiger partial charge in [-0.3, -0.25) is 9.59 Å². The van der Waals surface area contributed by atoms with Crippen molar-refractivity contribution in [2.75, 3.05) is 32.8 Å². The first-order valence-corrected chi connectivity index (χ1v) is 10.6. The molecule has 2 amide bonds. The molecule has 0 spiro atoms. The number of hydrogen-bond acceptors (Lipinski definition) is 4. The number of fused-ring (bicyclic) bond motifs is 1. The second-order valence-electron chi connectivity index (χ2n) is 7.40. The topological polar surface area (TPSA) is 59.1 Å². The van der Waals surface area contributed by atoms with Gasteiger partial charge in [-0.25, -0.2) is 0 Å². The van der Waals surface area contributed by atoms with Gasteiger partial charge in [0.2, 0.25) is 11.8 Å². The van der Waals surface area contributed by atoms with Gasteiger partial charge in [-0.2, -0.15) is 0 Å². The summed E-state index contributed by atoms with van der Waals surface area (Å²) in [6.45, 7) is 3.35. The molecule has 3 aliphatic rings. The predicted octanol–water partition coefficient (Wildman–Crippen LogP) is 2.77. The molecule has 1 aromatic carbocycles. The van der Waals surface area contributed by atoms with Crippen molar-refractivity contribution in [3.63, 3.8) is 0 Å². The third-order valence-electron chi connectivity index (χ3n) is 5.58. The van der Waals surface area contributed by atoms with Crippen molar-refractivity contribution in [1.82, 2.24) is 9.80 Å². The molecule has 2 fully saturated rings. The second-order valence-corrected chi connectivity index (χ2v) is 8.25. The lowest BCUT2D eigenvalue weighted by Crippen LogP contribution is -2.53. The summed E-state index contributed by atoms with van der Waals surface area (Å²) in [5, 5.41) is 0. The fraction of sp³-hybridized carbons (Fsp3) is 0.600. The number of carbonyl (C=O) groups is 2. The quantitative estimate of drug-likeness (QED) is 0.730. The van der Waals surface area contributed by atoms with E-state index >= 15 is 0 Å². The molecule has 4 rings (SSSR count). The minimum atomic E-state index is -0.305. The van der Waals surface area contributed by atoms with Crippen LogP contribution >= 0.6 is 15.9 Å². The van der Waals surface area contributed by atoms with E-state index in [0.29, 0.717) is 31.3 Å². The number of amides is 2. The number of piperidine rings is 1. The molecule has 1 atom stereocenters. The molecule has 3 heterocycles. The molecule has 0 saturated carbocycles. The lowest BCUT2D eigenvalue weighted by molar-refractivity contribution is -0.146. The van der Waals surface area contributed by atoms with E-state index in [1.807, 2.05) is 17.0 Å². The Labute approximate surface area is 167 Å². The zero-order chi connectivity index (χ0) is 18.8. The average Bonchev–Trinajstić information content (AvgIpc) is 3.23. The van der Waals surface area contributed by atoms with Crippen molar-refractivity contribution in [3.8, 4) is 11.5 Å². The summed E-state index contributed by atoms with van der Waals surface area (Å²) in [5.41, 5.74) is 0.863. The zero-order valence-corrected chi connectivity index (χ0v) is 17.0. The third kappa shape index (κ3) is 3.93. The first-order chi connectivity index (χ1) is 13.1. The minimum absolute atomic E-state index is 0.00428. The molecule has 2 saturated heterocycles. The first-order valence-electron chi connectivity index (χ1n) is 9.80. The molecule has 3 aliphatic heterocycles. The largest absolute Gasteiger partial charge is 0.486 e. The van der Waals surface area contributed by atoms with Crippen LogP contribution in [0.25, 0.3) is 0 Å². The van der Waals surface area contributed by atoms with E-state index in [9.17, 15) is 9.59 Å². The van der Waals surface area contributed by atoms with E-state index in [4.69, 9.17) is 9.47 Å². The van der Waals surface area contributed by atoms with Gasteiger partial charge in [0.25, 0.3) is 0 Å². The van der Waals surface area contributed by atoms with Crippen LogP contribution < -0.4 is 9.47 Å². The van der Waals surface area contributed by atoms with Crippen LogP contribution in [0.4, 0.5) is 0 Å². The summed E-state index contributed by atoms with van der Waals surface area (Å²) in [6.07, 6.45) is 5.11. The van der Waals surface area contributed by atoms with Crippen LogP contribution in [0.15, 0.2) is 16.6 Å². The molecule has 7 heteroatoms. The van der Waals surface area contributed by atoms with Gasteiger partial charge in [0, 0.05) is 24.1 Å². The highest BCUT2D eigenvalue weighted by Crippen LogP contribution is 2.36. The molecule has 0 bridgehead atoms. The third-order valence-corrected chi connectivity index (χ3v) is 6.32. The average molecular weight is 437 g/mol. The van der Waals surface area contributed by atoms with Gasteiger partial charge < -0.3 is 19.3 Å². The molecule has 1 unspecified atom stereocenters. The van der Waals surface area contributed by atoms with E-state index in [1.54, 1.807) is 4.90 Å². The Bertz CT molecular complexity index is 733. The Balaban J connectivity index is 1.50. The lowest BCUT2D eigenvalue weighted by atomic mass is 9.99. The van der Waals surface area contributed by atoms with Crippen LogP contribution in [-0.4, -0.2) is 60.5 Å². The van der Waals surface area contributed by atoms with Crippen molar-refractivity contribution in [3.05, 3.63) is 22.2 Å². The van der Waals surface area contributed by atoms with Crippen molar-refractivity contribution in [1.29, 1.82) is 0 Å². The highest BCUT2D eigenvalue weighted by Gasteiger charge is 2.35. The maximum absolute atomic E-state index is 13.1. The van der Waals surface area contributed by atoms with Gasteiger partial charge >= 0.3 is 0 Å². The number of likely N-dealkylation sites (tertiary alicyclic amines) is 2. The second kappa shape index (κ2) is 8.09. The van der Waals surface area contributed by atoms with Gasteiger partial charge in [0.15, 0.2) is 11.5 Å². The van der Waals surface area contributed by atoms with Crippen LogP contribution in [0.2, 0.25) is 0 Å². The Morgan fingerprint density at radius 2 is 1.67 bits per heavy atom. The molecule has 0 aliphatic carbocycles. The molecule has 6 nitrogen and oxygen atoms in total. The van der Waals surface area contributed by atoms with Crippen LogP contribution in [0.3, 0.4) is 0 Å². The Kier molecular flexibility index (Phi) is 5.57. The zero-order valence-electron chi connectivity index (χ0n) is 15.4. The summed E-state index contributed by atoms with van der Waals surface area (Å²) in [5.74, 6) is 1.51. The summed E-state index contributed by atoms with van der Waals surface area (Å²) < 4.78 is 12.1. The predicted molar refractivity (Wildman–Crippen MR) is 104 cm³/mol. The highest BCUT2D eigenvalue weighted by atomic mass is 79.9. The lowest BCUT2D eigenvalue weighted by Gasteiger charge is -2.37. The van der Waals surface area contributed by atoms with E-state index in [2.05, 4.69) is 15.9 Å². The Hall–Kier alpha value is -1.76. The summed E-state index contributed by atoms with van der Waals surface area (Å²) in [7, 11) is 0. The highest BCUT2D eigenvalue weighted by molar-refractivity contribution is 9.10. The number of nitrogens with zero attached hydrogens (tertiary/aromatic N) is 2. The number of carbonyl (C=O) groups excluding carboxylic acids is 2. The summed E-state index contributed by atoms with van der Waals surface area (Å²) in [6, 6.07) is 3.43. The molecule has 0 aromatic heterocycles. The molecule has 1 aromatic rings. The van der Waals surface area contributed by atoms with Gasteiger partial charge in [-0.15, -0.1) is 0 Å². The Morgan fingerprint density at radius 1 is 1.00 bits per heavy atom. The van der Waals surface area contributed by atoms with Gasteiger partial charge in [-0.1, -0.05) is 15.9 Å². The fourth-order valence-electron chi connectivity index (χ4n) is 4.14. The van der Waals surface area contributed by atoms with Crippen molar-refractivity contribution in [2.45, 2.75) is 44.6 Å². The van der Waals surface area contributed by atoms with E-state index in [0.717, 1.165) is 55.2 Å². The molecule has 0 N–H and O–H groups in total. The van der Waals surface area contributed by atoms with Crippen LogP contribution in [-0.2, 0) is 16.0 Å². The number of ether oxygens (including phenoxy) is 2. The van der Waals surface area contributed by atoms with Crippen LogP contribution in [0, 0.1) is 0 Å². The number of hydrogen-bond donors (Lipinski definition) is 0. The van der Waals surface area contributed by atoms with Crippen LogP contribution in [0.5, 0.6) is 11.5 Å². The summed E-state index contributed by atoms with van der Waals surface area (Å²) in [4.78, 5) is 29.7. The molecule has 0 radical (unpaired) electrons. The van der Waals surface area contributed by atoms with E-state index in [1.165, 1.54) is 0 Å². The molecular formula is C20H25BrN2O4. The van der Waals surface area contributed by atoms with E-state index < -0.39 is 0 Å². The number of halogens is 1. The normalized spacial score (nSPS) is 22.0. The standard InChI is InChI=1S/C20H25BrN2O4/c21-15-13-18-17(26-9-10-27-18)11-14(15)12-19(24)23-8-2-1-5-16(23)20(25)22-6-3-4-7-22/h11,13,16H,1-10,12H2. The van der Waals surface area contributed by atoms with Crippen LogP contribution in [0.1, 0.15) is 37.7 Å². The fourth-order valence-corrected chi connectivity index (χ4v) is 4.60. The first kappa shape index (κ1) is 18.6. The molecule has 27 heavy (non-hydrogen) atoms. The monoisotopic (exact) mass is 436 g/mol. The number of rotatable bonds is 3. The number of benzene rings is 1. The van der Waals surface area contributed by atoms with E-state index in [-0.39, 0.29) is 24.3 Å². The van der Waals surface area contributed by atoms with Crippen molar-refractivity contribution < 1.29 is 19.1 Å². The SMILES string of the molecule is O=C(C1CCCCN1C(=O)Cc1cc2c(cc1Br)OCCO2)N1CCCC1. The van der Waals surface area contributed by atoms with Crippen molar-refractivity contribution >= 4 is 27.7 Å². The maximum Gasteiger partial charge on any atom is 0.245 e. The molecule has 146 valence electrons. The molecular weight excluding hydrogens is 412 g/mol. The Morgan fingerprint density at radius 3 is 2.41 bits per heavy atom. The maximum atomic E-state index is 13.1.